The summed E-state index contributed by atoms with van der Waals surface area (Å²) in [5.74, 6) is -0.632. The van der Waals surface area contributed by atoms with E-state index >= 15 is 0 Å². The fourth-order valence-corrected chi connectivity index (χ4v) is 2.55. The highest BCUT2D eigenvalue weighted by molar-refractivity contribution is 6.16. The van der Waals surface area contributed by atoms with E-state index in [2.05, 4.69) is 6.58 Å². The van der Waals surface area contributed by atoms with E-state index in [1.807, 2.05) is 32.0 Å². The smallest absolute Gasteiger partial charge is 0.325 e. The maximum Gasteiger partial charge on any atom is 0.325 e. The highest BCUT2D eigenvalue weighted by Gasteiger charge is 2.57. The number of ether oxygens (including phenoxy) is 1. The normalized spacial score (nSPS) is 26.6. The molecule has 19 heavy (non-hydrogen) atoms. The van der Waals surface area contributed by atoms with E-state index in [0.717, 1.165) is 0 Å². The summed E-state index contributed by atoms with van der Waals surface area (Å²) in [6, 6.07) is 9.10. The monoisotopic (exact) mass is 258 g/mol. The third-order valence-corrected chi connectivity index (χ3v) is 3.58. The van der Waals surface area contributed by atoms with Crippen LogP contribution in [0.15, 0.2) is 43.0 Å². The van der Waals surface area contributed by atoms with E-state index in [4.69, 9.17) is 4.74 Å². The van der Waals surface area contributed by atoms with Gasteiger partial charge in [-0.15, -0.1) is 6.58 Å². The molecule has 1 aliphatic rings. The molecule has 0 amide bonds. The molecule has 2 atom stereocenters. The van der Waals surface area contributed by atoms with Crippen LogP contribution in [0, 0.1) is 5.92 Å². The van der Waals surface area contributed by atoms with Gasteiger partial charge in [0.15, 0.2) is 17.3 Å². The molecule has 0 saturated carbocycles. The molecule has 3 heteroatoms. The van der Waals surface area contributed by atoms with Gasteiger partial charge < -0.3 is 4.74 Å². The van der Waals surface area contributed by atoms with Crippen LogP contribution in [0.25, 0.3) is 0 Å². The Labute approximate surface area is 113 Å². The lowest BCUT2D eigenvalue weighted by Gasteiger charge is -2.22. The van der Waals surface area contributed by atoms with E-state index in [9.17, 15) is 9.59 Å². The van der Waals surface area contributed by atoms with Gasteiger partial charge in [-0.3, -0.25) is 9.59 Å². The van der Waals surface area contributed by atoms with Crippen molar-refractivity contribution >= 4 is 11.8 Å². The maximum absolute atomic E-state index is 12.7. The Kier molecular flexibility index (Phi) is 3.56. The van der Waals surface area contributed by atoms with E-state index in [1.165, 1.54) is 0 Å². The van der Waals surface area contributed by atoms with Crippen LogP contribution >= 0.6 is 0 Å². The number of hydrogen-bond donors (Lipinski definition) is 0. The van der Waals surface area contributed by atoms with Crippen molar-refractivity contribution in [3.8, 4) is 0 Å². The molecule has 0 bridgehead atoms. The standard InChI is InChI=1S/C16H18O3/c1-4-10-16(12-8-6-5-7-9-12)14(17)13(11(2)3)19-15(16)18/h4-9,11,13H,1,10H2,2-3H3/t13-,16-/m0/s1. The highest BCUT2D eigenvalue weighted by atomic mass is 16.6. The number of carbonyl (C=O) groups is 2. The number of esters is 1. The number of allylic oxidation sites excluding steroid dienone is 1. The SMILES string of the molecule is C=CC[C@@]1(c2ccccc2)C(=O)O[C@@H](C(C)C)C1=O. The topological polar surface area (TPSA) is 43.4 Å². The van der Waals surface area contributed by atoms with Gasteiger partial charge in [-0.2, -0.15) is 0 Å². The van der Waals surface area contributed by atoms with E-state index < -0.39 is 17.5 Å². The number of carbonyl (C=O) groups excluding carboxylic acids is 2. The molecule has 1 fully saturated rings. The summed E-state index contributed by atoms with van der Waals surface area (Å²) >= 11 is 0. The molecule has 1 aromatic carbocycles. The minimum Gasteiger partial charge on any atom is -0.453 e. The van der Waals surface area contributed by atoms with Crippen LogP contribution in [-0.4, -0.2) is 17.9 Å². The Morgan fingerprint density at radius 1 is 1.32 bits per heavy atom. The molecular formula is C16H18O3. The summed E-state index contributed by atoms with van der Waals surface area (Å²) < 4.78 is 5.32. The minimum atomic E-state index is -1.21. The van der Waals surface area contributed by atoms with Crippen LogP contribution in [0.5, 0.6) is 0 Å². The van der Waals surface area contributed by atoms with Crippen LogP contribution in [0.1, 0.15) is 25.8 Å². The molecule has 0 radical (unpaired) electrons. The molecule has 100 valence electrons. The van der Waals surface area contributed by atoms with Crippen LogP contribution in [0.2, 0.25) is 0 Å². The van der Waals surface area contributed by atoms with Gasteiger partial charge in [-0.1, -0.05) is 50.3 Å². The first-order valence-corrected chi connectivity index (χ1v) is 6.46. The third-order valence-electron chi connectivity index (χ3n) is 3.58. The molecule has 1 heterocycles. The Balaban J connectivity index is 2.54. The van der Waals surface area contributed by atoms with Crippen LogP contribution in [0.3, 0.4) is 0 Å². The zero-order valence-corrected chi connectivity index (χ0v) is 11.3. The van der Waals surface area contributed by atoms with E-state index in [-0.39, 0.29) is 18.1 Å². The van der Waals surface area contributed by atoms with Crippen molar-refractivity contribution in [1.82, 2.24) is 0 Å². The molecule has 1 aliphatic heterocycles. The molecule has 0 spiro atoms. The average molecular weight is 258 g/mol. The minimum absolute atomic E-state index is 0.0214. The first-order valence-electron chi connectivity index (χ1n) is 6.46. The summed E-state index contributed by atoms with van der Waals surface area (Å²) in [6.07, 6.45) is 1.22. The second-order valence-electron chi connectivity index (χ2n) is 5.20. The lowest BCUT2D eigenvalue weighted by molar-refractivity contribution is -0.147. The van der Waals surface area contributed by atoms with Crippen molar-refractivity contribution < 1.29 is 14.3 Å². The first-order chi connectivity index (χ1) is 9.04. The van der Waals surface area contributed by atoms with Crippen molar-refractivity contribution in [3.63, 3.8) is 0 Å². The Bertz CT molecular complexity index is 504. The Hall–Kier alpha value is -1.90. The average Bonchev–Trinajstić information content (AvgIpc) is 2.66. The summed E-state index contributed by atoms with van der Waals surface area (Å²) in [6.45, 7) is 7.43. The number of Topliss-reactive ketones (excluding diaryl/α,β-unsaturated/α-hetero) is 1. The molecule has 0 unspecified atom stereocenters. The quantitative estimate of drug-likeness (QED) is 0.474. The number of benzene rings is 1. The third kappa shape index (κ3) is 1.99. The molecular weight excluding hydrogens is 240 g/mol. The van der Waals surface area contributed by atoms with Crippen LogP contribution in [-0.2, 0) is 19.7 Å². The number of hydrogen-bond acceptors (Lipinski definition) is 3. The zero-order valence-electron chi connectivity index (χ0n) is 11.3. The van der Waals surface area contributed by atoms with Gasteiger partial charge in [-0.25, -0.2) is 0 Å². The van der Waals surface area contributed by atoms with Crippen molar-refractivity contribution in [2.75, 3.05) is 0 Å². The van der Waals surface area contributed by atoms with Gasteiger partial charge in [-0.05, 0) is 17.9 Å². The van der Waals surface area contributed by atoms with Gasteiger partial charge >= 0.3 is 5.97 Å². The van der Waals surface area contributed by atoms with Crippen molar-refractivity contribution in [2.24, 2.45) is 5.92 Å². The van der Waals surface area contributed by atoms with Crippen LogP contribution < -0.4 is 0 Å². The fourth-order valence-electron chi connectivity index (χ4n) is 2.55. The molecule has 0 aromatic heterocycles. The summed E-state index contributed by atoms with van der Waals surface area (Å²) in [5.41, 5.74) is -0.522. The molecule has 3 nitrogen and oxygen atoms in total. The van der Waals surface area contributed by atoms with Crippen LogP contribution in [0.4, 0.5) is 0 Å². The summed E-state index contributed by atoms with van der Waals surface area (Å²) in [5, 5.41) is 0. The fraction of sp³-hybridized carbons (Fsp3) is 0.375. The number of rotatable bonds is 4. The second-order valence-corrected chi connectivity index (χ2v) is 5.20. The van der Waals surface area contributed by atoms with E-state index in [0.29, 0.717) is 5.56 Å². The predicted molar refractivity (Wildman–Crippen MR) is 72.7 cm³/mol. The van der Waals surface area contributed by atoms with Gasteiger partial charge in [0.25, 0.3) is 0 Å². The molecule has 0 N–H and O–H groups in total. The molecule has 2 rings (SSSR count). The Morgan fingerprint density at radius 3 is 2.42 bits per heavy atom. The zero-order chi connectivity index (χ0) is 14.0. The number of ketones is 1. The maximum atomic E-state index is 12.7. The van der Waals surface area contributed by atoms with Gasteiger partial charge in [0.1, 0.15) is 0 Å². The Morgan fingerprint density at radius 2 is 1.95 bits per heavy atom. The lowest BCUT2D eigenvalue weighted by Crippen LogP contribution is -2.40. The first kappa shape index (κ1) is 13.5. The van der Waals surface area contributed by atoms with Gasteiger partial charge in [0, 0.05) is 0 Å². The van der Waals surface area contributed by atoms with Crippen molar-refractivity contribution in [1.29, 1.82) is 0 Å². The van der Waals surface area contributed by atoms with Crippen molar-refractivity contribution in [2.45, 2.75) is 31.8 Å². The largest absolute Gasteiger partial charge is 0.453 e. The summed E-state index contributed by atoms with van der Waals surface area (Å²) in [7, 11) is 0. The van der Waals surface area contributed by atoms with Gasteiger partial charge in [0.2, 0.25) is 0 Å². The highest BCUT2D eigenvalue weighted by Crippen LogP contribution is 2.39. The summed E-state index contributed by atoms with van der Waals surface area (Å²) in [4.78, 5) is 25.0. The lowest BCUT2D eigenvalue weighted by atomic mass is 9.73. The predicted octanol–water partition coefficient (Wildman–Crippen LogP) is 2.65. The number of cyclic esters (lactones) is 1. The van der Waals surface area contributed by atoms with E-state index in [1.54, 1.807) is 18.2 Å². The second kappa shape index (κ2) is 5.00. The molecule has 1 aromatic rings. The van der Waals surface area contributed by atoms with Gasteiger partial charge in [0.05, 0.1) is 0 Å². The molecule has 1 saturated heterocycles. The molecule has 0 aliphatic carbocycles. The van der Waals surface area contributed by atoms with Crippen molar-refractivity contribution in [3.05, 3.63) is 48.6 Å².